The molecule has 0 radical (unpaired) electrons. The Morgan fingerprint density at radius 1 is 1.15 bits per heavy atom. The lowest BCUT2D eigenvalue weighted by Crippen LogP contribution is -2.15. The van der Waals surface area contributed by atoms with Crippen LogP contribution in [0.25, 0.3) is 22.3 Å². The molecule has 2 N–H and O–H groups in total. The zero-order chi connectivity index (χ0) is 23.4. The largest absolute Gasteiger partial charge is 0.454 e. The van der Waals surface area contributed by atoms with Gasteiger partial charge in [-0.3, -0.25) is 19.9 Å². The van der Waals surface area contributed by atoms with Crippen molar-refractivity contribution in [1.29, 1.82) is 0 Å². The number of ether oxygens (including phenoxy) is 2. The van der Waals surface area contributed by atoms with Gasteiger partial charge in [0.1, 0.15) is 11.5 Å². The van der Waals surface area contributed by atoms with Gasteiger partial charge in [-0.25, -0.2) is 9.59 Å². The van der Waals surface area contributed by atoms with Gasteiger partial charge in [-0.15, -0.1) is 0 Å². The molecule has 166 valence electrons. The van der Waals surface area contributed by atoms with Crippen LogP contribution in [0.4, 0.5) is 10.5 Å². The van der Waals surface area contributed by atoms with E-state index in [0.717, 1.165) is 6.07 Å². The third-order valence-corrected chi connectivity index (χ3v) is 4.51. The third-order valence-electron chi connectivity index (χ3n) is 4.51. The zero-order valence-electron chi connectivity index (χ0n) is 17.3. The highest BCUT2D eigenvalue weighted by atomic mass is 16.5. The van der Waals surface area contributed by atoms with E-state index in [1.165, 1.54) is 42.9 Å². The molecule has 3 aromatic heterocycles. The van der Waals surface area contributed by atoms with E-state index >= 15 is 0 Å². The van der Waals surface area contributed by atoms with E-state index in [9.17, 15) is 19.2 Å². The minimum Gasteiger partial charge on any atom is -0.454 e. The van der Waals surface area contributed by atoms with Crippen LogP contribution < -0.4 is 21.0 Å². The van der Waals surface area contributed by atoms with Gasteiger partial charge in [-0.2, -0.15) is 0 Å². The van der Waals surface area contributed by atoms with E-state index < -0.39 is 23.1 Å². The van der Waals surface area contributed by atoms with E-state index in [0.29, 0.717) is 5.56 Å². The Kier molecular flexibility index (Phi) is 5.98. The van der Waals surface area contributed by atoms with Crippen LogP contribution in [-0.2, 0) is 4.74 Å². The van der Waals surface area contributed by atoms with Crippen LogP contribution in [0.2, 0.25) is 0 Å². The number of amides is 1. The molecule has 0 spiro atoms. The van der Waals surface area contributed by atoms with E-state index in [1.807, 2.05) is 0 Å². The normalized spacial score (nSPS) is 10.6. The lowest BCUT2D eigenvalue weighted by atomic mass is 10.1. The number of H-pyrrole nitrogens is 1. The molecule has 10 heteroatoms. The molecule has 1 aromatic carbocycles. The summed E-state index contributed by atoms with van der Waals surface area (Å²) in [6.45, 7) is 1.78. The molecule has 0 aliphatic carbocycles. The number of carbonyl (C=O) groups excluding carboxylic acids is 2. The first kappa shape index (κ1) is 21.5. The highest BCUT2D eigenvalue weighted by Gasteiger charge is 2.17. The summed E-state index contributed by atoms with van der Waals surface area (Å²) in [4.78, 5) is 54.8. The van der Waals surface area contributed by atoms with Crippen molar-refractivity contribution in [1.82, 2.24) is 9.97 Å². The van der Waals surface area contributed by atoms with Gasteiger partial charge in [0.2, 0.25) is 5.56 Å². The number of hydrogen-bond donors (Lipinski definition) is 2. The molecular formula is C23H17N3O7. The molecule has 10 nitrogen and oxygen atoms in total. The van der Waals surface area contributed by atoms with Crippen molar-refractivity contribution in [2.75, 3.05) is 11.9 Å². The number of carbonyl (C=O) groups is 2. The predicted molar refractivity (Wildman–Crippen MR) is 118 cm³/mol. The molecule has 0 bridgehead atoms. The third kappa shape index (κ3) is 4.79. The molecule has 0 saturated carbocycles. The summed E-state index contributed by atoms with van der Waals surface area (Å²) < 4.78 is 16.1. The van der Waals surface area contributed by atoms with Gasteiger partial charge in [0, 0.05) is 42.4 Å². The second-order valence-electron chi connectivity index (χ2n) is 6.73. The number of aromatic nitrogens is 2. The first-order valence-corrected chi connectivity index (χ1v) is 9.81. The number of rotatable bonds is 5. The Morgan fingerprint density at radius 3 is 2.76 bits per heavy atom. The van der Waals surface area contributed by atoms with Crippen LogP contribution in [-0.4, -0.2) is 28.6 Å². The molecule has 1 amide bonds. The lowest BCUT2D eigenvalue weighted by Gasteiger charge is -2.13. The van der Waals surface area contributed by atoms with Crippen molar-refractivity contribution in [3.63, 3.8) is 0 Å². The second kappa shape index (κ2) is 9.18. The molecule has 0 unspecified atom stereocenters. The van der Waals surface area contributed by atoms with Crippen LogP contribution in [0.5, 0.6) is 5.75 Å². The number of hydrogen-bond acceptors (Lipinski definition) is 8. The molecule has 0 fully saturated rings. The fourth-order valence-corrected chi connectivity index (χ4v) is 3.04. The monoisotopic (exact) mass is 447 g/mol. The number of esters is 1. The Balaban J connectivity index is 1.75. The minimum absolute atomic E-state index is 0.115. The highest BCUT2D eigenvalue weighted by molar-refractivity contribution is 5.93. The van der Waals surface area contributed by atoms with Crippen LogP contribution in [0, 0.1) is 0 Å². The maximum atomic E-state index is 12.5. The van der Waals surface area contributed by atoms with Crippen molar-refractivity contribution < 1.29 is 23.5 Å². The standard InChI is InChI=1S/C23H17N3O7/c1-2-31-23(30)26-17-8-14(32-22(29)13-4-3-7-24-11-13)5-6-15(17)19-10-18(27)16-9-21(28)25-12-20(16)33-19/h3-12H,2H2,1H3,(H,25,28)(H,26,30). The summed E-state index contributed by atoms with van der Waals surface area (Å²) in [6.07, 6.45) is 3.43. The van der Waals surface area contributed by atoms with Gasteiger partial charge < -0.3 is 18.9 Å². The minimum atomic E-state index is -0.748. The molecule has 0 aliphatic heterocycles. The fraction of sp³-hybridized carbons (Fsp3) is 0.0870. The summed E-state index contributed by atoms with van der Waals surface area (Å²) in [5.74, 6) is -0.387. The Bertz CT molecular complexity index is 1460. The number of fused-ring (bicyclic) bond motifs is 1. The number of nitrogens with zero attached hydrogens (tertiary/aromatic N) is 1. The van der Waals surface area contributed by atoms with E-state index in [1.54, 1.807) is 19.1 Å². The van der Waals surface area contributed by atoms with Gasteiger partial charge in [0.25, 0.3) is 0 Å². The average molecular weight is 447 g/mol. The van der Waals surface area contributed by atoms with Gasteiger partial charge in [0.15, 0.2) is 11.0 Å². The Hall–Kier alpha value is -4.73. The van der Waals surface area contributed by atoms with E-state index in [4.69, 9.17) is 13.9 Å². The molecule has 4 aromatic rings. The SMILES string of the molecule is CCOC(=O)Nc1cc(OC(=O)c2cccnc2)ccc1-c1cc(=O)c2cc(=O)[nH]cc2o1. The van der Waals surface area contributed by atoms with Crippen molar-refractivity contribution >= 4 is 28.7 Å². The number of aromatic amines is 1. The summed E-state index contributed by atoms with van der Waals surface area (Å²) in [5.41, 5.74) is 0.0343. The number of pyridine rings is 2. The van der Waals surface area contributed by atoms with E-state index in [2.05, 4.69) is 15.3 Å². The van der Waals surface area contributed by atoms with Crippen molar-refractivity contribution in [3.8, 4) is 17.1 Å². The van der Waals surface area contributed by atoms with E-state index in [-0.39, 0.29) is 40.3 Å². The average Bonchev–Trinajstić information content (AvgIpc) is 2.80. The smallest absolute Gasteiger partial charge is 0.411 e. The van der Waals surface area contributed by atoms with Crippen LogP contribution in [0.1, 0.15) is 17.3 Å². The number of anilines is 1. The van der Waals surface area contributed by atoms with Gasteiger partial charge in [-0.1, -0.05) is 0 Å². The Labute approximate surface area is 185 Å². The molecule has 0 saturated heterocycles. The van der Waals surface area contributed by atoms with Gasteiger partial charge in [-0.05, 0) is 31.2 Å². The van der Waals surface area contributed by atoms with Crippen molar-refractivity contribution in [3.05, 3.63) is 87.2 Å². The quantitative estimate of drug-likeness (QED) is 0.351. The van der Waals surface area contributed by atoms with Crippen LogP contribution in [0.15, 0.2) is 75.1 Å². The van der Waals surface area contributed by atoms with Gasteiger partial charge in [0.05, 0.1) is 23.2 Å². The Morgan fingerprint density at radius 2 is 2.00 bits per heavy atom. The van der Waals surface area contributed by atoms with Crippen molar-refractivity contribution in [2.45, 2.75) is 6.92 Å². The van der Waals surface area contributed by atoms with Crippen LogP contribution >= 0.6 is 0 Å². The van der Waals surface area contributed by atoms with Crippen molar-refractivity contribution in [2.24, 2.45) is 0 Å². The number of benzene rings is 1. The molecule has 0 aliphatic rings. The molecule has 33 heavy (non-hydrogen) atoms. The summed E-state index contributed by atoms with van der Waals surface area (Å²) in [5, 5.41) is 2.67. The zero-order valence-corrected chi connectivity index (χ0v) is 17.3. The predicted octanol–water partition coefficient (Wildman–Crippen LogP) is 3.33. The first-order chi connectivity index (χ1) is 15.9. The lowest BCUT2D eigenvalue weighted by molar-refractivity contribution is 0.0734. The molecular weight excluding hydrogens is 430 g/mol. The number of nitrogens with one attached hydrogen (secondary N) is 2. The molecule has 3 heterocycles. The highest BCUT2D eigenvalue weighted by Crippen LogP contribution is 2.32. The summed E-state index contributed by atoms with van der Waals surface area (Å²) in [7, 11) is 0. The maximum absolute atomic E-state index is 12.5. The first-order valence-electron chi connectivity index (χ1n) is 9.81. The fourth-order valence-electron chi connectivity index (χ4n) is 3.04. The maximum Gasteiger partial charge on any atom is 0.411 e. The second-order valence-corrected chi connectivity index (χ2v) is 6.73. The topological polar surface area (TPSA) is 141 Å². The van der Waals surface area contributed by atoms with Gasteiger partial charge >= 0.3 is 12.1 Å². The van der Waals surface area contributed by atoms with Crippen LogP contribution in [0.3, 0.4) is 0 Å². The summed E-state index contributed by atoms with van der Waals surface area (Å²) >= 11 is 0. The molecule has 0 atom stereocenters. The summed E-state index contributed by atoms with van der Waals surface area (Å²) in [6, 6.07) is 9.90. The molecule has 4 rings (SSSR count).